The second-order valence-electron chi connectivity index (χ2n) is 8.26. The van der Waals surface area contributed by atoms with E-state index in [4.69, 9.17) is 9.47 Å². The number of nitrogens with zero attached hydrogens (tertiary/aromatic N) is 2. The predicted octanol–water partition coefficient (Wildman–Crippen LogP) is 3.93. The number of hydrogen-bond donors (Lipinski definition) is 0. The minimum atomic E-state index is 0.711. The summed E-state index contributed by atoms with van der Waals surface area (Å²) in [5, 5.41) is 0. The van der Waals surface area contributed by atoms with Crippen molar-refractivity contribution in [3.05, 3.63) is 23.8 Å². The molecule has 4 nitrogen and oxygen atoms in total. The summed E-state index contributed by atoms with van der Waals surface area (Å²) in [6.07, 6.45) is 9.87. The number of hydrogen-bond acceptors (Lipinski definition) is 4. The van der Waals surface area contributed by atoms with E-state index in [9.17, 15) is 0 Å². The van der Waals surface area contributed by atoms with Crippen LogP contribution >= 0.6 is 0 Å². The summed E-state index contributed by atoms with van der Waals surface area (Å²) in [6, 6.07) is 7.78. The molecular weight excluding hydrogens is 324 g/mol. The number of fused-ring (bicyclic) bond motifs is 1. The van der Waals surface area contributed by atoms with Crippen molar-refractivity contribution in [1.29, 1.82) is 0 Å². The quantitative estimate of drug-likeness (QED) is 0.796. The molecule has 3 aliphatic rings. The smallest absolute Gasteiger partial charge is 0.165 e. The number of piperazine rings is 1. The third-order valence-electron chi connectivity index (χ3n) is 6.90. The largest absolute Gasteiger partial charge is 0.493 e. The molecule has 1 saturated carbocycles. The maximum atomic E-state index is 5.71. The van der Waals surface area contributed by atoms with Gasteiger partial charge in [0, 0.05) is 37.3 Å². The average molecular weight is 359 g/mol. The molecule has 2 atom stereocenters. The summed E-state index contributed by atoms with van der Waals surface area (Å²) in [4.78, 5) is 5.55. The second kappa shape index (κ2) is 8.18. The van der Waals surface area contributed by atoms with Crippen LogP contribution in [0.15, 0.2) is 18.2 Å². The summed E-state index contributed by atoms with van der Waals surface area (Å²) < 4.78 is 11.2. The molecule has 1 aliphatic carbocycles. The number of rotatable bonds is 5. The van der Waals surface area contributed by atoms with Gasteiger partial charge in [-0.2, -0.15) is 0 Å². The summed E-state index contributed by atoms with van der Waals surface area (Å²) in [6.45, 7) is 4.69. The monoisotopic (exact) mass is 358 g/mol. The first-order valence-corrected chi connectivity index (χ1v) is 10.5. The first-order chi connectivity index (χ1) is 12.8. The fraction of sp³-hybridized carbons (Fsp3) is 0.727. The lowest BCUT2D eigenvalue weighted by molar-refractivity contribution is -0.00416. The highest BCUT2D eigenvalue weighted by atomic mass is 16.5. The average Bonchev–Trinajstić information content (AvgIpc) is 3.17. The topological polar surface area (TPSA) is 24.9 Å². The van der Waals surface area contributed by atoms with Gasteiger partial charge in [0.2, 0.25) is 0 Å². The van der Waals surface area contributed by atoms with Gasteiger partial charge >= 0.3 is 0 Å². The highest BCUT2D eigenvalue weighted by Gasteiger charge is 2.43. The third kappa shape index (κ3) is 3.46. The van der Waals surface area contributed by atoms with Crippen molar-refractivity contribution in [2.45, 2.75) is 63.6 Å². The predicted molar refractivity (Wildman–Crippen MR) is 105 cm³/mol. The molecular formula is C22H34N2O2. The Hall–Kier alpha value is -1.26. The molecule has 0 unspecified atom stereocenters. The van der Waals surface area contributed by atoms with Crippen molar-refractivity contribution >= 4 is 0 Å². The summed E-state index contributed by atoms with van der Waals surface area (Å²) in [5.41, 5.74) is 1.26. The fourth-order valence-electron chi connectivity index (χ4n) is 5.74. The van der Waals surface area contributed by atoms with Crippen LogP contribution in [0.25, 0.3) is 0 Å². The van der Waals surface area contributed by atoms with Crippen LogP contribution in [0.2, 0.25) is 0 Å². The van der Waals surface area contributed by atoms with Crippen LogP contribution in [-0.4, -0.2) is 55.7 Å². The Morgan fingerprint density at radius 3 is 2.54 bits per heavy atom. The number of methoxy groups -OCH3 is 2. The van der Waals surface area contributed by atoms with Crippen molar-refractivity contribution < 1.29 is 9.47 Å². The van der Waals surface area contributed by atoms with Crippen molar-refractivity contribution in [2.24, 2.45) is 5.92 Å². The Labute approximate surface area is 158 Å². The van der Waals surface area contributed by atoms with Crippen LogP contribution in [-0.2, 0) is 6.54 Å². The Kier molecular flexibility index (Phi) is 5.70. The Morgan fingerprint density at radius 2 is 1.77 bits per heavy atom. The number of ether oxygens (including phenoxy) is 2. The summed E-state index contributed by atoms with van der Waals surface area (Å²) >= 11 is 0. The molecule has 2 aliphatic heterocycles. The van der Waals surface area contributed by atoms with Crippen molar-refractivity contribution in [3.63, 3.8) is 0 Å². The number of para-hydroxylation sites is 1. The minimum absolute atomic E-state index is 0.711. The third-order valence-corrected chi connectivity index (χ3v) is 6.90. The molecule has 1 aromatic carbocycles. The summed E-state index contributed by atoms with van der Waals surface area (Å²) in [7, 11) is 3.48. The lowest BCUT2D eigenvalue weighted by atomic mass is 9.78. The molecule has 2 saturated heterocycles. The highest BCUT2D eigenvalue weighted by molar-refractivity contribution is 5.46. The van der Waals surface area contributed by atoms with Crippen LogP contribution in [0.1, 0.15) is 50.5 Å². The van der Waals surface area contributed by atoms with Gasteiger partial charge in [-0.15, -0.1) is 0 Å². The van der Waals surface area contributed by atoms with Crippen molar-refractivity contribution in [3.8, 4) is 11.5 Å². The highest BCUT2D eigenvalue weighted by Crippen LogP contribution is 2.39. The van der Waals surface area contributed by atoms with Gasteiger partial charge in [-0.3, -0.25) is 9.80 Å². The summed E-state index contributed by atoms with van der Waals surface area (Å²) in [5.74, 6) is 2.62. The minimum Gasteiger partial charge on any atom is -0.493 e. The Balaban J connectivity index is 1.59. The molecule has 0 amide bonds. The van der Waals surface area contributed by atoms with Crippen LogP contribution in [0.4, 0.5) is 0 Å². The lowest BCUT2D eigenvalue weighted by Gasteiger charge is -2.49. The van der Waals surface area contributed by atoms with E-state index in [1.807, 2.05) is 6.07 Å². The van der Waals surface area contributed by atoms with E-state index in [-0.39, 0.29) is 0 Å². The van der Waals surface area contributed by atoms with Gasteiger partial charge in [-0.05, 0) is 44.2 Å². The maximum absolute atomic E-state index is 5.71. The zero-order chi connectivity index (χ0) is 17.9. The second-order valence-corrected chi connectivity index (χ2v) is 8.26. The molecule has 4 heteroatoms. The molecule has 144 valence electrons. The molecule has 0 bridgehead atoms. The Bertz CT molecular complexity index is 600. The normalized spacial score (nSPS) is 28.1. The van der Waals surface area contributed by atoms with E-state index < -0.39 is 0 Å². The van der Waals surface area contributed by atoms with E-state index >= 15 is 0 Å². The Morgan fingerprint density at radius 1 is 0.923 bits per heavy atom. The van der Waals surface area contributed by atoms with Crippen molar-refractivity contribution in [2.75, 3.05) is 33.9 Å². The van der Waals surface area contributed by atoms with Crippen LogP contribution in [0, 0.1) is 5.92 Å². The fourth-order valence-corrected chi connectivity index (χ4v) is 5.74. The molecule has 0 spiro atoms. The van der Waals surface area contributed by atoms with Crippen LogP contribution in [0.3, 0.4) is 0 Å². The van der Waals surface area contributed by atoms with Crippen molar-refractivity contribution in [1.82, 2.24) is 9.80 Å². The maximum Gasteiger partial charge on any atom is 0.165 e. The van der Waals surface area contributed by atoms with Gasteiger partial charge in [0.05, 0.1) is 14.2 Å². The number of benzene rings is 1. The van der Waals surface area contributed by atoms with E-state index in [0.717, 1.165) is 30.0 Å². The van der Waals surface area contributed by atoms with Gasteiger partial charge in [0.15, 0.2) is 11.5 Å². The molecule has 4 rings (SSSR count). The molecule has 3 fully saturated rings. The standard InChI is InChI=1S/C22H34N2O2/c1-25-20-12-6-10-18(22(20)26-2)16-24-15-14-23-13-7-11-19(23)21(24)17-8-4-3-5-9-17/h6,10,12,17,19,21H,3-5,7-9,11,13-16H2,1-2H3/t19-,21-/m1/s1. The van der Waals surface area contributed by atoms with E-state index in [0.29, 0.717) is 6.04 Å². The van der Waals surface area contributed by atoms with Gasteiger partial charge in [-0.1, -0.05) is 31.4 Å². The zero-order valence-electron chi connectivity index (χ0n) is 16.5. The van der Waals surface area contributed by atoms with Crippen LogP contribution in [0.5, 0.6) is 11.5 Å². The SMILES string of the molecule is COc1cccc(CN2CCN3CCC[C@@H]3[C@H]2C2CCCCC2)c1OC. The lowest BCUT2D eigenvalue weighted by Crippen LogP contribution is -2.59. The van der Waals surface area contributed by atoms with E-state index in [1.165, 1.54) is 70.1 Å². The van der Waals surface area contributed by atoms with Gasteiger partial charge in [-0.25, -0.2) is 0 Å². The van der Waals surface area contributed by atoms with Gasteiger partial charge in [0.1, 0.15) is 0 Å². The van der Waals surface area contributed by atoms with Crippen LogP contribution < -0.4 is 9.47 Å². The van der Waals surface area contributed by atoms with E-state index in [2.05, 4.69) is 21.9 Å². The zero-order valence-corrected chi connectivity index (χ0v) is 16.5. The molecule has 0 N–H and O–H groups in total. The molecule has 2 heterocycles. The molecule has 26 heavy (non-hydrogen) atoms. The first kappa shape index (κ1) is 18.1. The van der Waals surface area contributed by atoms with Gasteiger partial charge in [0.25, 0.3) is 0 Å². The molecule has 1 aromatic rings. The molecule has 0 radical (unpaired) electrons. The van der Waals surface area contributed by atoms with E-state index in [1.54, 1.807) is 14.2 Å². The molecule has 0 aromatic heterocycles. The van der Waals surface area contributed by atoms with Gasteiger partial charge < -0.3 is 9.47 Å². The first-order valence-electron chi connectivity index (χ1n) is 10.5.